The number of carbonyl (C=O) groups is 2. The Morgan fingerprint density at radius 1 is 0.635 bits per heavy atom. The van der Waals surface area contributed by atoms with Crippen molar-refractivity contribution in [3.63, 3.8) is 0 Å². The number of allylic oxidation sites excluding steroid dienone is 3. The first kappa shape index (κ1) is 49.1. The minimum absolute atomic E-state index is 0.151. The number of ether oxygens (including phenoxy) is 2. The summed E-state index contributed by atoms with van der Waals surface area (Å²) in [5.41, 5.74) is 14.4. The summed E-state index contributed by atoms with van der Waals surface area (Å²) in [6.45, 7) is 9.01. The highest BCUT2D eigenvalue weighted by molar-refractivity contribution is 6.01. The lowest BCUT2D eigenvalue weighted by molar-refractivity contribution is -0.187. The molecule has 0 radical (unpaired) electrons. The minimum atomic E-state index is -2.94. The molecular weight excluding hydrogens is 785 g/mol. The molecule has 2 aliphatic rings. The molecule has 340 valence electrons. The smallest absolute Gasteiger partial charge is 0.235 e. The van der Waals surface area contributed by atoms with Crippen LogP contribution >= 0.6 is 0 Å². The molecule has 2 aliphatic carbocycles. The Kier molecular flexibility index (Phi) is 20.3. The number of nitrogen functional groups attached to an aromatic ring is 2. The van der Waals surface area contributed by atoms with E-state index in [0.29, 0.717) is 36.3 Å². The average Bonchev–Trinajstić information content (AvgIpc) is 3.29. The molecule has 1 atom stereocenters. The molecule has 3 aromatic rings. The number of hydrogen-bond donors (Lipinski definition) is 4. The van der Waals surface area contributed by atoms with Gasteiger partial charge in [-0.2, -0.15) is 0 Å². The van der Waals surface area contributed by atoms with Gasteiger partial charge in [-0.15, -0.1) is 13.2 Å². The molecule has 0 heterocycles. The average molecular weight is 859 g/mol. The van der Waals surface area contributed by atoms with Gasteiger partial charge in [0.05, 0.1) is 19.1 Å². The number of carbonyl (C=O) groups excluding carboxylic acids is 2. The van der Waals surface area contributed by atoms with Crippen LogP contribution in [0.3, 0.4) is 0 Å². The third-order valence-corrected chi connectivity index (χ3v) is 13.3. The Hall–Kier alpha value is -4.92. The van der Waals surface area contributed by atoms with E-state index in [1.807, 2.05) is 60.7 Å². The van der Waals surface area contributed by atoms with Crippen LogP contribution in [0.2, 0.25) is 0 Å². The van der Waals surface area contributed by atoms with Gasteiger partial charge in [-0.05, 0) is 140 Å². The van der Waals surface area contributed by atoms with Gasteiger partial charge in [0.1, 0.15) is 11.5 Å². The van der Waals surface area contributed by atoms with Crippen LogP contribution in [0.5, 0.6) is 11.5 Å². The van der Waals surface area contributed by atoms with Gasteiger partial charge in [-0.1, -0.05) is 119 Å². The molecule has 1 unspecified atom stereocenters. The Balaban J connectivity index is 1.10. The monoisotopic (exact) mass is 859 g/mol. The summed E-state index contributed by atoms with van der Waals surface area (Å²) in [6, 6.07) is 19.5. The molecule has 5 rings (SSSR count). The number of benzene rings is 3. The van der Waals surface area contributed by atoms with Crippen molar-refractivity contribution in [3.8, 4) is 11.5 Å². The maximum absolute atomic E-state index is 13.5. The molecule has 0 amide bonds. The molecule has 0 bridgehead atoms. The summed E-state index contributed by atoms with van der Waals surface area (Å²) in [4.78, 5) is 26.9. The van der Waals surface area contributed by atoms with Gasteiger partial charge in [-0.25, -0.2) is 0 Å². The summed E-state index contributed by atoms with van der Waals surface area (Å²) in [5, 5.41) is 22.9. The van der Waals surface area contributed by atoms with Crippen LogP contribution in [-0.2, 0) is 9.59 Å². The molecular formula is C55H74N2O6. The Labute approximate surface area is 377 Å². The first-order chi connectivity index (χ1) is 30.5. The van der Waals surface area contributed by atoms with E-state index in [9.17, 15) is 19.8 Å². The van der Waals surface area contributed by atoms with Gasteiger partial charge in [0, 0.05) is 17.8 Å². The van der Waals surface area contributed by atoms with Gasteiger partial charge < -0.3 is 31.2 Å². The SMILES string of the molecule is C=CCCCCCC1CCC(COc2ccc(/C=C/C(=O)CC(c3ccc(N)cc3N)C(O)(O)C(=O)/C=C/c3ccc(OCC4CCC(CCCCCC=C)CC4)cc3)cc2)CC1. The topological polar surface area (TPSA) is 145 Å². The van der Waals surface area contributed by atoms with E-state index in [0.717, 1.165) is 47.8 Å². The molecule has 3 aromatic carbocycles. The summed E-state index contributed by atoms with van der Waals surface area (Å²) in [5.74, 6) is -1.37. The maximum atomic E-state index is 13.5. The fourth-order valence-corrected chi connectivity index (χ4v) is 9.25. The molecule has 8 nitrogen and oxygen atoms in total. The Morgan fingerprint density at radius 3 is 1.56 bits per heavy atom. The highest BCUT2D eigenvalue weighted by atomic mass is 16.5. The summed E-state index contributed by atoms with van der Waals surface area (Å²) in [6.07, 6.45) is 31.8. The van der Waals surface area contributed by atoms with Gasteiger partial charge >= 0.3 is 0 Å². The zero-order chi connectivity index (χ0) is 44.9. The summed E-state index contributed by atoms with van der Waals surface area (Å²) >= 11 is 0. The lowest BCUT2D eigenvalue weighted by Crippen LogP contribution is -2.44. The first-order valence-electron chi connectivity index (χ1n) is 23.7. The molecule has 2 fully saturated rings. The predicted octanol–water partition coefficient (Wildman–Crippen LogP) is 12.2. The van der Waals surface area contributed by atoms with E-state index in [1.165, 1.54) is 127 Å². The molecule has 8 heteroatoms. The third-order valence-electron chi connectivity index (χ3n) is 13.3. The van der Waals surface area contributed by atoms with Crippen molar-refractivity contribution >= 4 is 35.1 Å². The van der Waals surface area contributed by atoms with Crippen molar-refractivity contribution < 1.29 is 29.3 Å². The van der Waals surface area contributed by atoms with E-state index in [-0.39, 0.29) is 17.7 Å². The van der Waals surface area contributed by atoms with Crippen LogP contribution in [0.1, 0.15) is 145 Å². The van der Waals surface area contributed by atoms with Crippen LogP contribution < -0.4 is 20.9 Å². The van der Waals surface area contributed by atoms with Crippen molar-refractivity contribution in [2.75, 3.05) is 24.7 Å². The lowest BCUT2D eigenvalue weighted by Gasteiger charge is -2.30. The number of aliphatic hydroxyl groups is 2. The Morgan fingerprint density at radius 2 is 1.10 bits per heavy atom. The molecule has 63 heavy (non-hydrogen) atoms. The summed E-state index contributed by atoms with van der Waals surface area (Å²) < 4.78 is 12.3. The second kappa shape index (κ2) is 26.0. The Bertz CT molecular complexity index is 1920. The van der Waals surface area contributed by atoms with Crippen LogP contribution in [0.15, 0.2) is 104 Å². The van der Waals surface area contributed by atoms with E-state index >= 15 is 0 Å². The van der Waals surface area contributed by atoms with Crippen molar-refractivity contribution in [1.29, 1.82) is 0 Å². The number of hydrogen-bond acceptors (Lipinski definition) is 8. The second-order valence-corrected chi connectivity index (χ2v) is 18.3. The van der Waals surface area contributed by atoms with E-state index in [4.69, 9.17) is 20.9 Å². The van der Waals surface area contributed by atoms with Crippen LogP contribution in [0.25, 0.3) is 12.2 Å². The molecule has 6 N–H and O–H groups in total. The maximum Gasteiger partial charge on any atom is 0.235 e. The number of unbranched alkanes of at least 4 members (excludes halogenated alkanes) is 6. The zero-order valence-electron chi connectivity index (χ0n) is 37.6. The quantitative estimate of drug-likeness (QED) is 0.0195. The van der Waals surface area contributed by atoms with Crippen molar-refractivity contribution in [1.82, 2.24) is 0 Å². The van der Waals surface area contributed by atoms with Crippen molar-refractivity contribution in [3.05, 3.63) is 121 Å². The highest BCUT2D eigenvalue weighted by Crippen LogP contribution is 2.37. The fourth-order valence-electron chi connectivity index (χ4n) is 9.25. The van der Waals surface area contributed by atoms with Gasteiger partial charge in [0.2, 0.25) is 11.6 Å². The van der Waals surface area contributed by atoms with Crippen molar-refractivity contribution in [2.24, 2.45) is 23.7 Å². The van der Waals surface area contributed by atoms with Gasteiger partial charge in [-0.3, -0.25) is 9.59 Å². The van der Waals surface area contributed by atoms with E-state index in [2.05, 4.69) is 13.2 Å². The van der Waals surface area contributed by atoms with E-state index < -0.39 is 23.3 Å². The number of ketones is 2. The largest absolute Gasteiger partial charge is 0.493 e. The number of anilines is 2. The standard InChI is InChI=1S/C55H74N2O6/c1-3-5-7-9-11-13-41-15-19-45(20-16-41)39-62-49-31-24-43(25-32-49)23-30-48(58)38-52(51-35-29-47(56)37-53(51)57)55(60,61)54(59)36-28-44-26-33-50(34-27-44)63-40-46-21-17-42(18-22-46)14-12-10-8-6-4-2/h3-4,23-37,41-42,45-46,52,60-61H,1-2,5-22,38-40,56-57H2/b30-23+,36-28+. The molecule has 0 aliphatic heterocycles. The summed E-state index contributed by atoms with van der Waals surface area (Å²) in [7, 11) is 0. The minimum Gasteiger partial charge on any atom is -0.493 e. The lowest BCUT2D eigenvalue weighted by atomic mass is 9.80. The van der Waals surface area contributed by atoms with E-state index in [1.54, 1.807) is 12.1 Å². The molecule has 0 aromatic heterocycles. The highest BCUT2D eigenvalue weighted by Gasteiger charge is 2.43. The first-order valence-corrected chi connectivity index (χ1v) is 23.7. The zero-order valence-corrected chi connectivity index (χ0v) is 37.6. The molecule has 0 spiro atoms. The van der Waals surface area contributed by atoms with Crippen LogP contribution in [-0.4, -0.2) is 40.8 Å². The third kappa shape index (κ3) is 16.6. The predicted molar refractivity (Wildman–Crippen MR) is 259 cm³/mol. The number of nitrogens with two attached hydrogens (primary N) is 2. The molecule has 0 saturated heterocycles. The van der Waals surface area contributed by atoms with Crippen LogP contribution in [0.4, 0.5) is 11.4 Å². The normalized spacial score (nSPS) is 19.8. The fraction of sp³-hybridized carbons (Fsp3) is 0.491. The second-order valence-electron chi connectivity index (χ2n) is 18.3. The number of rotatable bonds is 27. The van der Waals surface area contributed by atoms with Gasteiger partial charge in [0.25, 0.3) is 0 Å². The van der Waals surface area contributed by atoms with Gasteiger partial charge in [0.15, 0.2) is 5.78 Å². The van der Waals surface area contributed by atoms with Crippen molar-refractivity contribution in [2.45, 2.75) is 134 Å². The molecule has 2 saturated carbocycles. The van der Waals surface area contributed by atoms with Crippen LogP contribution in [0, 0.1) is 23.7 Å².